The maximum atomic E-state index is 10.4. The zero-order chi connectivity index (χ0) is 20.1. The Morgan fingerprint density at radius 1 is 1.28 bits per heavy atom. The van der Waals surface area contributed by atoms with Crippen LogP contribution in [0.5, 0.6) is 11.5 Å². The van der Waals surface area contributed by atoms with Gasteiger partial charge in [-0.25, -0.2) is 0 Å². The first-order valence-electron chi connectivity index (χ1n) is 9.26. The standard InChI is InChI=1S/C20H26ClN3O3S.HI/c1-4-22-20(23-11-15(25)18-5-6-19(21)28-18)24-8-7-13-9-16(26-2)17(27-3)10-14(13)12-24;/h5-6,9-10,15,25H,4,7-8,11-12H2,1-3H3,(H,22,23);1H. The predicted molar refractivity (Wildman–Crippen MR) is 129 cm³/mol. The van der Waals surface area contributed by atoms with Gasteiger partial charge in [-0.2, -0.15) is 0 Å². The lowest BCUT2D eigenvalue weighted by atomic mass is 9.99. The van der Waals surface area contributed by atoms with E-state index in [1.165, 1.54) is 22.5 Å². The van der Waals surface area contributed by atoms with Crippen molar-refractivity contribution in [2.45, 2.75) is 26.0 Å². The largest absolute Gasteiger partial charge is 0.493 e. The maximum absolute atomic E-state index is 10.4. The van der Waals surface area contributed by atoms with E-state index in [1.807, 2.05) is 19.1 Å². The van der Waals surface area contributed by atoms with Crippen molar-refractivity contribution >= 4 is 52.9 Å². The van der Waals surface area contributed by atoms with E-state index in [9.17, 15) is 5.11 Å². The fourth-order valence-corrected chi connectivity index (χ4v) is 4.30. The highest BCUT2D eigenvalue weighted by Gasteiger charge is 2.22. The summed E-state index contributed by atoms with van der Waals surface area (Å²) in [5, 5.41) is 13.7. The topological polar surface area (TPSA) is 66.3 Å². The molecule has 1 aromatic carbocycles. The van der Waals surface area contributed by atoms with Gasteiger partial charge < -0.3 is 24.8 Å². The molecular formula is C20H27ClIN3O3S. The smallest absolute Gasteiger partial charge is 0.194 e. The van der Waals surface area contributed by atoms with Crippen LogP contribution in [0, 0.1) is 0 Å². The molecule has 1 unspecified atom stereocenters. The number of aliphatic hydroxyl groups is 1. The highest BCUT2D eigenvalue weighted by Crippen LogP contribution is 2.33. The average Bonchev–Trinajstić information content (AvgIpc) is 3.15. The van der Waals surface area contributed by atoms with Crippen LogP contribution in [0.15, 0.2) is 29.3 Å². The van der Waals surface area contributed by atoms with Crippen molar-refractivity contribution in [3.8, 4) is 11.5 Å². The zero-order valence-corrected chi connectivity index (χ0v) is 20.7. The van der Waals surface area contributed by atoms with Gasteiger partial charge in [0.1, 0.15) is 6.10 Å². The Morgan fingerprint density at radius 3 is 2.55 bits per heavy atom. The molecule has 0 fully saturated rings. The number of fused-ring (bicyclic) bond motifs is 1. The Hall–Kier alpha value is -1.23. The SMILES string of the molecule is CCNC(=NCC(O)c1ccc(Cl)s1)N1CCc2cc(OC)c(OC)cc2C1.I. The van der Waals surface area contributed by atoms with E-state index in [-0.39, 0.29) is 30.5 Å². The third-order valence-corrected chi connectivity index (χ3v) is 6.02. The second kappa shape index (κ2) is 11.2. The Balaban J connectivity index is 0.00000300. The van der Waals surface area contributed by atoms with E-state index in [2.05, 4.69) is 21.3 Å². The molecule has 160 valence electrons. The number of benzene rings is 1. The van der Waals surface area contributed by atoms with Gasteiger partial charge in [-0.1, -0.05) is 11.6 Å². The molecule has 1 aliphatic heterocycles. The summed E-state index contributed by atoms with van der Waals surface area (Å²) in [6.07, 6.45) is 0.232. The highest BCUT2D eigenvalue weighted by molar-refractivity contribution is 14.0. The number of nitrogens with zero attached hydrogens (tertiary/aromatic N) is 2. The van der Waals surface area contributed by atoms with Crippen LogP contribution in [0.1, 0.15) is 29.0 Å². The van der Waals surface area contributed by atoms with Gasteiger partial charge in [0.15, 0.2) is 17.5 Å². The molecule has 1 aliphatic rings. The first-order chi connectivity index (χ1) is 13.5. The summed E-state index contributed by atoms with van der Waals surface area (Å²) < 4.78 is 11.5. The van der Waals surface area contributed by atoms with Gasteiger partial charge in [0.05, 0.1) is 25.1 Å². The van der Waals surface area contributed by atoms with Crippen molar-refractivity contribution in [2.24, 2.45) is 4.99 Å². The molecule has 0 saturated heterocycles. The number of thiophene rings is 1. The second-order valence-corrected chi connectivity index (χ2v) is 8.25. The molecule has 3 rings (SSSR count). The zero-order valence-electron chi connectivity index (χ0n) is 16.8. The van der Waals surface area contributed by atoms with E-state index in [0.29, 0.717) is 4.34 Å². The van der Waals surface area contributed by atoms with Crippen molar-refractivity contribution in [2.75, 3.05) is 33.9 Å². The third kappa shape index (κ3) is 5.90. The number of aliphatic hydroxyl groups excluding tert-OH is 1. The van der Waals surface area contributed by atoms with E-state index < -0.39 is 6.10 Å². The molecule has 2 N–H and O–H groups in total. The number of rotatable bonds is 6. The van der Waals surface area contributed by atoms with Crippen LogP contribution in [0.25, 0.3) is 0 Å². The Bertz CT molecular complexity index is 846. The van der Waals surface area contributed by atoms with Crippen LogP contribution in [0.4, 0.5) is 0 Å². The van der Waals surface area contributed by atoms with Crippen LogP contribution >= 0.6 is 46.9 Å². The minimum atomic E-state index is -0.660. The molecule has 0 spiro atoms. The molecule has 0 amide bonds. The molecule has 6 nitrogen and oxygen atoms in total. The molecular weight excluding hydrogens is 525 g/mol. The number of halogens is 2. The number of guanidine groups is 1. The predicted octanol–water partition coefficient (Wildman–Crippen LogP) is 4.09. The van der Waals surface area contributed by atoms with E-state index in [4.69, 9.17) is 21.1 Å². The molecule has 9 heteroatoms. The lowest BCUT2D eigenvalue weighted by Crippen LogP contribution is -2.44. The summed E-state index contributed by atoms with van der Waals surface area (Å²) in [4.78, 5) is 7.69. The summed E-state index contributed by atoms with van der Waals surface area (Å²) >= 11 is 7.35. The molecule has 0 bridgehead atoms. The van der Waals surface area contributed by atoms with Crippen molar-refractivity contribution in [3.63, 3.8) is 0 Å². The number of ether oxygens (including phenoxy) is 2. The van der Waals surface area contributed by atoms with Crippen LogP contribution in [0.2, 0.25) is 4.34 Å². The summed E-state index contributed by atoms with van der Waals surface area (Å²) in [6, 6.07) is 7.73. The van der Waals surface area contributed by atoms with E-state index >= 15 is 0 Å². The van der Waals surface area contributed by atoms with Gasteiger partial charge in [-0.3, -0.25) is 4.99 Å². The van der Waals surface area contributed by atoms with Gasteiger partial charge >= 0.3 is 0 Å². The summed E-state index contributed by atoms with van der Waals surface area (Å²) in [7, 11) is 3.30. The van der Waals surface area contributed by atoms with Gasteiger partial charge in [-0.15, -0.1) is 35.3 Å². The minimum absolute atomic E-state index is 0. The minimum Gasteiger partial charge on any atom is -0.493 e. The van der Waals surface area contributed by atoms with Gasteiger partial charge in [0.25, 0.3) is 0 Å². The molecule has 29 heavy (non-hydrogen) atoms. The average molecular weight is 552 g/mol. The molecule has 0 aliphatic carbocycles. The van der Waals surface area contributed by atoms with Crippen LogP contribution in [0.3, 0.4) is 0 Å². The van der Waals surface area contributed by atoms with Gasteiger partial charge in [0.2, 0.25) is 0 Å². The Morgan fingerprint density at radius 2 is 1.97 bits per heavy atom. The molecule has 2 aromatic rings. The fourth-order valence-electron chi connectivity index (χ4n) is 3.26. The first-order valence-corrected chi connectivity index (χ1v) is 10.5. The molecule has 1 atom stereocenters. The Kier molecular flexibility index (Phi) is 9.32. The fraction of sp³-hybridized carbons (Fsp3) is 0.450. The summed E-state index contributed by atoms with van der Waals surface area (Å²) in [5.41, 5.74) is 2.46. The van der Waals surface area contributed by atoms with E-state index in [1.54, 1.807) is 20.3 Å². The maximum Gasteiger partial charge on any atom is 0.194 e. The van der Waals surface area contributed by atoms with Gasteiger partial charge in [0, 0.05) is 24.5 Å². The second-order valence-electron chi connectivity index (χ2n) is 6.50. The monoisotopic (exact) mass is 551 g/mol. The quantitative estimate of drug-likeness (QED) is 0.322. The number of aliphatic imine (C=N–C) groups is 1. The first kappa shape index (κ1) is 24.0. The number of hydrogen-bond donors (Lipinski definition) is 2. The van der Waals surface area contributed by atoms with Crippen molar-refractivity contribution in [1.29, 1.82) is 0 Å². The lowest BCUT2D eigenvalue weighted by Gasteiger charge is -2.32. The van der Waals surface area contributed by atoms with Crippen LogP contribution in [-0.4, -0.2) is 49.8 Å². The molecule has 2 heterocycles. The van der Waals surface area contributed by atoms with Gasteiger partial charge in [-0.05, 0) is 48.7 Å². The number of nitrogens with one attached hydrogen (secondary N) is 1. The molecule has 0 radical (unpaired) electrons. The van der Waals surface area contributed by atoms with Crippen molar-refractivity contribution in [1.82, 2.24) is 10.2 Å². The number of methoxy groups -OCH3 is 2. The van der Waals surface area contributed by atoms with Crippen molar-refractivity contribution < 1.29 is 14.6 Å². The number of hydrogen-bond acceptors (Lipinski definition) is 5. The van der Waals surface area contributed by atoms with Crippen LogP contribution in [-0.2, 0) is 13.0 Å². The van der Waals surface area contributed by atoms with Crippen LogP contribution < -0.4 is 14.8 Å². The third-order valence-electron chi connectivity index (χ3n) is 4.69. The normalized spacial score (nSPS) is 14.7. The Labute approximate surface area is 197 Å². The molecule has 1 aromatic heterocycles. The summed E-state index contributed by atoms with van der Waals surface area (Å²) in [5.74, 6) is 2.28. The molecule has 0 saturated carbocycles. The lowest BCUT2D eigenvalue weighted by molar-refractivity contribution is 0.190. The summed E-state index contributed by atoms with van der Waals surface area (Å²) in [6.45, 7) is 4.65. The van der Waals surface area contributed by atoms with Crippen molar-refractivity contribution in [3.05, 3.63) is 44.6 Å². The van der Waals surface area contributed by atoms with E-state index in [0.717, 1.165) is 48.4 Å². The highest BCUT2D eigenvalue weighted by atomic mass is 127.